The number of hydrogen-bond donors (Lipinski definition) is 1. The molecule has 7 heteroatoms. The Bertz CT molecular complexity index is 1420. The first kappa shape index (κ1) is 47.1. The van der Waals surface area contributed by atoms with Crippen molar-refractivity contribution in [2.75, 3.05) is 77.2 Å². The molecule has 7 rings (SSSR count). The van der Waals surface area contributed by atoms with Crippen LogP contribution >= 0.6 is 23.8 Å². The van der Waals surface area contributed by atoms with Gasteiger partial charge in [-0.15, -0.1) is 37.5 Å². The standard InChI is InChI=1S/C20H33NS.C16H25N2O.C7H8OS.2C2H2/c1-5-7-12-20(13-8-6-2)14-11-17-15-18(21(3)4)9-10-19(17)22-16-20;1-2-6-16(7-3-1)19-15-5-4-11-18-12-8-17(9-13-18)10-14-18;1-6-2-4-7(9-8)5-3-6;2*1-2/h9-10,15H,5-8,11-14,16H2,1-4H3;1-3,6-7H,4-5,8-15H2;2-5,8H,1H3;2*1-2H/q;+1;;;. The van der Waals surface area contributed by atoms with Crippen LogP contribution in [-0.4, -0.2) is 86.2 Å². The maximum absolute atomic E-state index is 8.55. The van der Waals surface area contributed by atoms with Gasteiger partial charge < -0.3 is 18.7 Å². The SMILES string of the molecule is C#C.C#C.CCCCC1(CCCC)CCc2cc(N(C)C)ccc2SC1.Cc1ccc(SO)cc1.c1ccc(OCCCC[N+]23CCN(CC2)CC3)cc1. The van der Waals surface area contributed by atoms with Gasteiger partial charge in [-0.25, -0.2) is 0 Å². The minimum absolute atomic E-state index is 0.577. The number of aryl methyl sites for hydroxylation is 2. The van der Waals surface area contributed by atoms with Crippen molar-refractivity contribution < 1.29 is 13.8 Å². The number of rotatable bonds is 14. The monoisotopic (exact) mass is 772 g/mol. The van der Waals surface area contributed by atoms with Gasteiger partial charge in [0.1, 0.15) is 5.75 Å². The molecule has 54 heavy (non-hydrogen) atoms. The van der Waals surface area contributed by atoms with Crippen molar-refractivity contribution in [2.24, 2.45) is 5.41 Å². The number of hydrogen-bond acceptors (Lipinski definition) is 6. The molecule has 5 nitrogen and oxygen atoms in total. The Balaban J connectivity index is 0.000000285. The third kappa shape index (κ3) is 16.4. The van der Waals surface area contributed by atoms with Crippen LogP contribution < -0.4 is 9.64 Å². The summed E-state index contributed by atoms with van der Waals surface area (Å²) in [5.41, 5.74) is 4.71. The highest BCUT2D eigenvalue weighted by Crippen LogP contribution is 2.45. The number of nitrogens with zero attached hydrogens (tertiary/aromatic N) is 3. The Kier molecular flexibility index (Phi) is 23.3. The highest BCUT2D eigenvalue weighted by atomic mass is 32.2. The summed E-state index contributed by atoms with van der Waals surface area (Å²) in [7, 11) is 4.27. The van der Waals surface area contributed by atoms with Gasteiger partial charge in [-0.05, 0) is 98.9 Å². The molecule has 0 aliphatic carbocycles. The van der Waals surface area contributed by atoms with E-state index in [4.69, 9.17) is 9.29 Å². The first-order valence-corrected chi connectivity index (χ1v) is 21.8. The van der Waals surface area contributed by atoms with Crippen molar-refractivity contribution in [3.8, 4) is 31.4 Å². The van der Waals surface area contributed by atoms with E-state index in [0.29, 0.717) is 5.41 Å². The molecule has 0 unspecified atom stereocenters. The number of ether oxygens (including phenoxy) is 1. The normalized spacial score (nSPS) is 18.9. The molecule has 296 valence electrons. The minimum atomic E-state index is 0.577. The lowest BCUT2D eigenvalue weighted by atomic mass is 9.75. The van der Waals surface area contributed by atoms with E-state index in [2.05, 4.69) is 93.4 Å². The average molecular weight is 773 g/mol. The zero-order chi connectivity index (χ0) is 39.7. The molecule has 3 saturated heterocycles. The van der Waals surface area contributed by atoms with Crippen LogP contribution in [0.2, 0.25) is 0 Å². The van der Waals surface area contributed by atoms with E-state index in [-0.39, 0.29) is 0 Å². The molecule has 4 aliphatic rings. The summed E-state index contributed by atoms with van der Waals surface area (Å²) in [4.78, 5) is 7.25. The van der Waals surface area contributed by atoms with E-state index >= 15 is 0 Å². The van der Waals surface area contributed by atoms with Gasteiger partial charge in [0, 0.05) is 67.0 Å². The summed E-state index contributed by atoms with van der Waals surface area (Å²) in [5.74, 6) is 2.32. The fourth-order valence-corrected chi connectivity index (χ4v) is 9.09. The Morgan fingerprint density at radius 3 is 2.00 bits per heavy atom. The third-order valence-electron chi connectivity index (χ3n) is 11.0. The molecule has 4 heterocycles. The summed E-state index contributed by atoms with van der Waals surface area (Å²) in [6.45, 7) is 17.0. The van der Waals surface area contributed by atoms with E-state index in [0.717, 1.165) is 29.3 Å². The second-order valence-corrected chi connectivity index (χ2v) is 16.7. The highest BCUT2D eigenvalue weighted by Gasteiger charge is 2.37. The predicted molar refractivity (Wildman–Crippen MR) is 238 cm³/mol. The van der Waals surface area contributed by atoms with Gasteiger partial charge in [0.25, 0.3) is 0 Å². The molecule has 1 N–H and O–H groups in total. The van der Waals surface area contributed by atoms with Crippen LogP contribution in [0.5, 0.6) is 5.75 Å². The van der Waals surface area contributed by atoms with Gasteiger partial charge in [0.05, 0.1) is 32.8 Å². The molecule has 0 amide bonds. The van der Waals surface area contributed by atoms with Crippen LogP contribution in [0, 0.1) is 38.0 Å². The summed E-state index contributed by atoms with van der Waals surface area (Å²) in [6, 6.07) is 24.9. The summed E-state index contributed by atoms with van der Waals surface area (Å²) >= 11 is 2.90. The molecule has 2 bridgehead atoms. The van der Waals surface area contributed by atoms with E-state index < -0.39 is 0 Å². The highest BCUT2D eigenvalue weighted by molar-refractivity contribution is 7.99. The van der Waals surface area contributed by atoms with Crippen molar-refractivity contribution in [2.45, 2.75) is 94.8 Å². The topological polar surface area (TPSA) is 35.9 Å². The summed E-state index contributed by atoms with van der Waals surface area (Å²) in [5, 5.41) is 0. The maximum Gasteiger partial charge on any atom is 0.119 e. The molecular formula is C47H70N3O2S2+. The van der Waals surface area contributed by atoms with Crippen LogP contribution in [0.4, 0.5) is 5.69 Å². The molecule has 3 aromatic carbocycles. The fourth-order valence-electron chi connectivity index (χ4n) is 7.43. The molecule has 4 aliphatic heterocycles. The van der Waals surface area contributed by atoms with E-state index in [1.54, 1.807) is 5.56 Å². The van der Waals surface area contributed by atoms with Crippen molar-refractivity contribution in [1.82, 2.24) is 4.90 Å². The lowest BCUT2D eigenvalue weighted by Gasteiger charge is -2.50. The third-order valence-corrected chi connectivity index (χ3v) is 12.9. The number of piperazine rings is 3. The summed E-state index contributed by atoms with van der Waals surface area (Å²) < 4.78 is 15.7. The lowest BCUT2D eigenvalue weighted by molar-refractivity contribution is -0.941. The lowest BCUT2D eigenvalue weighted by Crippen LogP contribution is -2.67. The van der Waals surface area contributed by atoms with Gasteiger partial charge in [-0.2, -0.15) is 0 Å². The number of thioether (sulfide) groups is 1. The van der Waals surface area contributed by atoms with Gasteiger partial charge >= 0.3 is 0 Å². The molecule has 0 atom stereocenters. The summed E-state index contributed by atoms with van der Waals surface area (Å²) in [6.07, 6.45) is 29.4. The van der Waals surface area contributed by atoms with E-state index in [9.17, 15) is 0 Å². The second-order valence-electron chi connectivity index (χ2n) is 15.0. The van der Waals surface area contributed by atoms with Crippen molar-refractivity contribution in [1.29, 1.82) is 0 Å². The van der Waals surface area contributed by atoms with Crippen molar-refractivity contribution in [3.63, 3.8) is 0 Å². The molecule has 0 saturated carbocycles. The number of terminal acetylenes is 2. The average Bonchev–Trinajstić information content (AvgIpc) is 3.42. The van der Waals surface area contributed by atoms with Crippen molar-refractivity contribution in [3.05, 3.63) is 83.9 Å². The largest absolute Gasteiger partial charge is 0.494 e. The van der Waals surface area contributed by atoms with Crippen LogP contribution in [0.25, 0.3) is 0 Å². The Morgan fingerprint density at radius 2 is 1.44 bits per heavy atom. The number of benzene rings is 3. The number of quaternary nitrogens is 1. The first-order chi connectivity index (χ1) is 26.3. The Hall–Kier alpha value is -3.04. The van der Waals surface area contributed by atoms with Gasteiger partial charge in [0.15, 0.2) is 0 Å². The molecule has 3 aromatic rings. The second kappa shape index (κ2) is 26.7. The smallest absolute Gasteiger partial charge is 0.119 e. The molecule has 0 aromatic heterocycles. The van der Waals surface area contributed by atoms with Crippen molar-refractivity contribution >= 4 is 29.5 Å². The molecule has 3 fully saturated rings. The number of fused-ring (bicyclic) bond motifs is 4. The zero-order valence-corrected chi connectivity index (χ0v) is 35.8. The fraction of sp³-hybridized carbons (Fsp3) is 0.532. The van der Waals surface area contributed by atoms with Gasteiger partial charge in [-0.3, -0.25) is 4.90 Å². The van der Waals surface area contributed by atoms with Gasteiger partial charge in [-0.1, -0.05) is 75.4 Å². The first-order valence-electron chi connectivity index (χ1n) is 20.0. The maximum atomic E-state index is 8.55. The van der Waals surface area contributed by atoms with E-state index in [1.807, 2.05) is 61.5 Å². The van der Waals surface area contributed by atoms with E-state index in [1.165, 1.54) is 136 Å². The molecule has 0 radical (unpaired) electrons. The predicted octanol–water partition coefficient (Wildman–Crippen LogP) is 11.2. The number of unbranched alkanes of at least 4 members (excludes halogenated alkanes) is 3. The van der Waals surface area contributed by atoms with Crippen LogP contribution in [0.15, 0.2) is 82.6 Å². The minimum Gasteiger partial charge on any atom is -0.494 e. The quantitative estimate of drug-likeness (QED) is 0.0761. The van der Waals surface area contributed by atoms with Crippen LogP contribution in [-0.2, 0) is 6.42 Å². The number of anilines is 1. The van der Waals surface area contributed by atoms with Crippen LogP contribution in [0.3, 0.4) is 0 Å². The Morgan fingerprint density at radius 1 is 0.833 bits per heavy atom. The molecular weight excluding hydrogens is 703 g/mol. The van der Waals surface area contributed by atoms with Gasteiger partial charge in [0.2, 0.25) is 0 Å². The van der Waals surface area contributed by atoms with Crippen LogP contribution in [0.1, 0.15) is 82.8 Å². The zero-order valence-electron chi connectivity index (χ0n) is 34.2. The Labute approximate surface area is 339 Å². The number of para-hydroxylation sites is 1. The molecule has 0 spiro atoms.